The zero-order valence-corrected chi connectivity index (χ0v) is 25.6. The van der Waals surface area contributed by atoms with Gasteiger partial charge in [-0.25, -0.2) is 26.3 Å². The summed E-state index contributed by atoms with van der Waals surface area (Å²) in [5, 5.41) is 0. The molecule has 0 saturated heterocycles. The quantitative estimate of drug-likeness (QED) is 0.120. The first-order chi connectivity index (χ1) is 21.9. The first kappa shape index (κ1) is 34.2. The van der Waals surface area contributed by atoms with Crippen LogP contribution in [0.5, 0.6) is 5.75 Å². The molecule has 1 unspecified atom stereocenters. The van der Waals surface area contributed by atoms with Crippen LogP contribution in [0.3, 0.4) is 0 Å². The van der Waals surface area contributed by atoms with Gasteiger partial charge in [-0.15, -0.1) is 13.2 Å². The highest BCUT2D eigenvalue weighted by Gasteiger charge is 2.36. The molecule has 0 N–H and O–H groups in total. The van der Waals surface area contributed by atoms with E-state index in [1.165, 1.54) is 18.2 Å². The maximum atomic E-state index is 15.8. The molecule has 5 rings (SSSR count). The fraction of sp³-hybridized carbons (Fsp3) is 0.500. The van der Waals surface area contributed by atoms with E-state index >= 15 is 13.2 Å². The SMILES string of the molecule is CCCCCc1cc(F)c(CCC2CCc3c(F)c(C4CCC(c5ccc(OC(F)(F)F)c(F)c5)CC4)c(F)c(F)c3C2)c(F)c1. The predicted octanol–water partition coefficient (Wildman–Crippen LogP) is 11.3. The topological polar surface area (TPSA) is 9.23 Å². The summed E-state index contributed by atoms with van der Waals surface area (Å²) in [6.45, 7) is 2.05. The van der Waals surface area contributed by atoms with Crippen molar-refractivity contribution in [3.05, 3.63) is 98.6 Å². The van der Waals surface area contributed by atoms with Gasteiger partial charge in [0.25, 0.3) is 0 Å². The molecule has 1 nitrogen and oxygen atoms in total. The second-order valence-electron chi connectivity index (χ2n) is 12.7. The van der Waals surface area contributed by atoms with Gasteiger partial charge in [-0.1, -0.05) is 25.8 Å². The molecular weight excluding hydrogens is 619 g/mol. The van der Waals surface area contributed by atoms with Crippen molar-refractivity contribution in [1.29, 1.82) is 0 Å². The van der Waals surface area contributed by atoms with Crippen LogP contribution >= 0.6 is 0 Å². The fourth-order valence-electron chi connectivity index (χ4n) is 7.25. The third kappa shape index (κ3) is 7.68. The molecule has 1 fully saturated rings. The van der Waals surface area contributed by atoms with E-state index in [4.69, 9.17) is 0 Å². The van der Waals surface area contributed by atoms with E-state index in [0.717, 1.165) is 31.4 Å². The van der Waals surface area contributed by atoms with Crippen LogP contribution in [0.25, 0.3) is 0 Å². The van der Waals surface area contributed by atoms with Crippen LogP contribution in [0.1, 0.15) is 110 Å². The molecule has 2 aliphatic rings. The van der Waals surface area contributed by atoms with E-state index in [1.54, 1.807) is 0 Å². The average Bonchev–Trinajstić information content (AvgIpc) is 3.00. The average molecular weight is 657 g/mol. The number of hydrogen-bond donors (Lipinski definition) is 0. The lowest BCUT2D eigenvalue weighted by Crippen LogP contribution is -2.23. The Labute approximate surface area is 263 Å². The number of unbranched alkanes of at least 4 members (excludes halogenated alkanes) is 2. The van der Waals surface area contributed by atoms with Crippen molar-refractivity contribution in [2.24, 2.45) is 5.92 Å². The van der Waals surface area contributed by atoms with Crippen LogP contribution < -0.4 is 4.74 Å². The maximum absolute atomic E-state index is 15.8. The summed E-state index contributed by atoms with van der Waals surface area (Å²) < 4.78 is 132. The molecule has 1 saturated carbocycles. The maximum Gasteiger partial charge on any atom is 0.573 e. The first-order valence-corrected chi connectivity index (χ1v) is 16.1. The van der Waals surface area contributed by atoms with Gasteiger partial charge in [-0.2, -0.15) is 0 Å². The Morgan fingerprint density at radius 2 is 1.39 bits per heavy atom. The Morgan fingerprint density at radius 1 is 0.717 bits per heavy atom. The van der Waals surface area contributed by atoms with E-state index in [1.807, 2.05) is 0 Å². The molecule has 0 bridgehead atoms. The lowest BCUT2D eigenvalue weighted by molar-refractivity contribution is -0.275. The zero-order valence-electron chi connectivity index (χ0n) is 25.6. The fourth-order valence-corrected chi connectivity index (χ4v) is 7.25. The minimum Gasteiger partial charge on any atom is -0.403 e. The molecule has 0 amide bonds. The van der Waals surface area contributed by atoms with Gasteiger partial charge in [-0.05, 0) is 135 Å². The van der Waals surface area contributed by atoms with Gasteiger partial charge in [0, 0.05) is 11.1 Å². The monoisotopic (exact) mass is 656 g/mol. The molecule has 3 aromatic carbocycles. The summed E-state index contributed by atoms with van der Waals surface area (Å²) in [6, 6.07) is 5.97. The van der Waals surface area contributed by atoms with E-state index < -0.39 is 52.9 Å². The molecule has 0 aromatic heterocycles. The largest absolute Gasteiger partial charge is 0.573 e. The highest BCUT2D eigenvalue weighted by atomic mass is 19.4. The molecule has 3 aromatic rings. The number of alkyl halides is 3. The number of ether oxygens (including phenoxy) is 1. The minimum absolute atomic E-state index is 0.0208. The summed E-state index contributed by atoms with van der Waals surface area (Å²) in [6.07, 6.45) is 0.904. The van der Waals surface area contributed by atoms with Crippen molar-refractivity contribution >= 4 is 0 Å². The van der Waals surface area contributed by atoms with E-state index in [0.29, 0.717) is 43.2 Å². The van der Waals surface area contributed by atoms with Gasteiger partial charge >= 0.3 is 6.36 Å². The van der Waals surface area contributed by atoms with E-state index in [9.17, 15) is 26.3 Å². The van der Waals surface area contributed by atoms with Gasteiger partial charge in [0.15, 0.2) is 23.2 Å². The third-order valence-corrected chi connectivity index (χ3v) is 9.72. The molecule has 0 spiro atoms. The number of fused-ring (bicyclic) bond motifs is 1. The van der Waals surface area contributed by atoms with Gasteiger partial charge in [0.1, 0.15) is 17.5 Å². The van der Waals surface area contributed by atoms with Crippen LogP contribution in [-0.2, 0) is 25.7 Å². The molecule has 1 atom stereocenters. The Balaban J connectivity index is 1.23. The molecule has 0 radical (unpaired) electrons. The first-order valence-electron chi connectivity index (χ1n) is 16.1. The van der Waals surface area contributed by atoms with Crippen molar-refractivity contribution in [2.75, 3.05) is 0 Å². The molecule has 10 heteroatoms. The van der Waals surface area contributed by atoms with E-state index in [-0.39, 0.29) is 66.2 Å². The molecule has 2 aliphatic carbocycles. The standard InChI is InChI=1S/C36H37F9O/c1-2-3-4-5-21-17-28(37)26(29(38)18-21)14-7-20-6-13-25-27(16-20)34(41)35(42)32(33(25)40)23-10-8-22(9-11-23)24-12-15-31(30(39)19-24)46-36(43,44)45/h12,15,17-20,22-23H,2-11,13-14,16H2,1H3. The third-order valence-electron chi connectivity index (χ3n) is 9.72. The molecular formula is C36H37F9O. The zero-order chi connectivity index (χ0) is 33.2. The van der Waals surface area contributed by atoms with Crippen LogP contribution in [-0.4, -0.2) is 6.36 Å². The van der Waals surface area contributed by atoms with Gasteiger partial charge in [0.05, 0.1) is 0 Å². The molecule has 46 heavy (non-hydrogen) atoms. The minimum atomic E-state index is -5.03. The lowest BCUT2D eigenvalue weighted by atomic mass is 9.73. The molecule has 250 valence electrons. The summed E-state index contributed by atoms with van der Waals surface area (Å²) in [5.74, 6) is -7.43. The number of rotatable bonds is 10. The molecule has 0 aliphatic heterocycles. The van der Waals surface area contributed by atoms with Crippen LogP contribution in [0.4, 0.5) is 39.5 Å². The number of aryl methyl sites for hydroxylation is 1. The van der Waals surface area contributed by atoms with Crippen LogP contribution in [0.15, 0.2) is 30.3 Å². The van der Waals surface area contributed by atoms with Gasteiger partial charge in [0.2, 0.25) is 0 Å². The Bertz CT molecular complexity index is 1520. The highest BCUT2D eigenvalue weighted by Crippen LogP contribution is 2.45. The molecule has 0 heterocycles. The van der Waals surface area contributed by atoms with Crippen LogP contribution in [0.2, 0.25) is 0 Å². The summed E-state index contributed by atoms with van der Waals surface area (Å²) in [5.41, 5.74) is 0.866. The number of benzene rings is 3. The normalized spacial score (nSPS) is 20.1. The second-order valence-corrected chi connectivity index (χ2v) is 12.7. The van der Waals surface area contributed by atoms with Crippen molar-refractivity contribution in [3.8, 4) is 5.75 Å². The Morgan fingerprint density at radius 3 is 2.02 bits per heavy atom. The summed E-state index contributed by atoms with van der Waals surface area (Å²) in [4.78, 5) is 0. The van der Waals surface area contributed by atoms with Gasteiger partial charge < -0.3 is 4.74 Å². The van der Waals surface area contributed by atoms with Crippen molar-refractivity contribution in [2.45, 2.75) is 109 Å². The van der Waals surface area contributed by atoms with Crippen molar-refractivity contribution in [1.82, 2.24) is 0 Å². The highest BCUT2D eigenvalue weighted by molar-refractivity contribution is 5.41. The van der Waals surface area contributed by atoms with E-state index in [2.05, 4.69) is 11.7 Å². The predicted molar refractivity (Wildman–Crippen MR) is 157 cm³/mol. The summed E-state index contributed by atoms with van der Waals surface area (Å²) in [7, 11) is 0. The van der Waals surface area contributed by atoms with Gasteiger partial charge in [-0.3, -0.25) is 0 Å². The van der Waals surface area contributed by atoms with Crippen molar-refractivity contribution in [3.63, 3.8) is 0 Å². The smallest absolute Gasteiger partial charge is 0.403 e. The summed E-state index contributed by atoms with van der Waals surface area (Å²) >= 11 is 0. The van der Waals surface area contributed by atoms with Crippen molar-refractivity contribution < 1.29 is 44.3 Å². The lowest BCUT2D eigenvalue weighted by Gasteiger charge is -2.32. The Kier molecular flexibility index (Phi) is 10.6. The number of hydrogen-bond acceptors (Lipinski definition) is 1. The van der Waals surface area contributed by atoms with Crippen LogP contribution in [0, 0.1) is 40.8 Å². The second kappa shape index (κ2) is 14.3. The Hall–Kier alpha value is -3.17. The number of halogens is 9.